The smallest absolute Gasteiger partial charge is 0.269 e. The van der Waals surface area contributed by atoms with Gasteiger partial charge in [-0.1, -0.05) is 83.0 Å². The molecule has 2 amide bonds. The molecule has 4 rings (SSSR count). The van der Waals surface area contributed by atoms with Gasteiger partial charge in [-0.15, -0.1) is 0 Å². The van der Waals surface area contributed by atoms with Crippen LogP contribution in [0.2, 0.25) is 15.1 Å². The summed E-state index contributed by atoms with van der Waals surface area (Å²) in [5.74, 6) is -0.891. The Morgan fingerprint density at radius 2 is 1.68 bits per heavy atom. The molecule has 5 nitrogen and oxygen atoms in total. The van der Waals surface area contributed by atoms with Crippen molar-refractivity contribution in [1.29, 1.82) is 5.26 Å². The number of thioether (sulfide) groups is 1. The summed E-state index contributed by atoms with van der Waals surface area (Å²) in [6, 6.07) is 22.8. The lowest BCUT2D eigenvalue weighted by Gasteiger charge is -2.18. The maximum absolute atomic E-state index is 13.5. The minimum absolute atomic E-state index is 0.182. The third-order valence-corrected chi connectivity index (χ3v) is 7.38. The fourth-order valence-electron chi connectivity index (χ4n) is 3.43. The van der Waals surface area contributed by atoms with E-state index in [0.29, 0.717) is 32.9 Å². The fraction of sp³-hybridized carbons (Fsp3) is 0.0800. The summed E-state index contributed by atoms with van der Waals surface area (Å²) in [5.41, 5.74) is 1.56. The predicted octanol–water partition coefficient (Wildman–Crippen LogP) is 6.71. The number of nitriles is 1. The molecular formula is C25H16Cl3N3O2S. The Morgan fingerprint density at radius 1 is 0.971 bits per heavy atom. The number of nitrogens with zero attached hydrogens (tertiary/aromatic N) is 2. The molecule has 9 heteroatoms. The van der Waals surface area contributed by atoms with Gasteiger partial charge in [0.1, 0.15) is 16.7 Å². The van der Waals surface area contributed by atoms with Crippen LogP contribution in [-0.4, -0.2) is 17.1 Å². The van der Waals surface area contributed by atoms with Crippen LogP contribution in [0.1, 0.15) is 5.56 Å². The number of hydrogen-bond donors (Lipinski definition) is 1. The normalized spacial score (nSPS) is 16.8. The maximum Gasteiger partial charge on any atom is 0.269 e. The Morgan fingerprint density at radius 3 is 2.35 bits per heavy atom. The summed E-state index contributed by atoms with van der Waals surface area (Å²) in [6.07, 6.45) is 0.345. The average Bonchev–Trinajstić information content (AvgIpc) is 3.14. The molecule has 3 aromatic rings. The standard InChI is InChI=1S/C25H16Cl3N3O2S/c26-18-11-10-15(12-20(18)28)13-22-24(33)31(16-6-2-1-3-7-16)25(34-22)17(14-29)23(32)30-21-9-5-4-8-19(21)27/h1-12,22H,13H2,(H,30,32)/b25-17-/t22-/m1/s1. The molecule has 1 aliphatic rings. The summed E-state index contributed by atoms with van der Waals surface area (Å²) in [6.45, 7) is 0. The second kappa shape index (κ2) is 10.5. The number of benzene rings is 3. The number of hydrogen-bond acceptors (Lipinski definition) is 4. The van der Waals surface area contributed by atoms with Gasteiger partial charge in [-0.3, -0.25) is 14.5 Å². The topological polar surface area (TPSA) is 73.2 Å². The van der Waals surface area contributed by atoms with Crippen LogP contribution >= 0.6 is 46.6 Å². The first-order valence-corrected chi connectivity index (χ1v) is 12.1. The van der Waals surface area contributed by atoms with Crippen LogP contribution in [0.5, 0.6) is 0 Å². The average molecular weight is 529 g/mol. The highest BCUT2D eigenvalue weighted by atomic mass is 35.5. The van der Waals surface area contributed by atoms with Crippen molar-refractivity contribution in [2.75, 3.05) is 10.2 Å². The Balaban J connectivity index is 1.72. The zero-order chi connectivity index (χ0) is 24.2. The molecule has 0 spiro atoms. The van der Waals surface area contributed by atoms with Crippen LogP contribution in [0, 0.1) is 11.3 Å². The Bertz CT molecular complexity index is 1340. The molecule has 0 radical (unpaired) electrons. The quantitative estimate of drug-likeness (QED) is 0.295. The molecular weight excluding hydrogens is 513 g/mol. The summed E-state index contributed by atoms with van der Waals surface area (Å²) in [5, 5.41) is 13.4. The zero-order valence-electron chi connectivity index (χ0n) is 17.5. The second-order valence-corrected chi connectivity index (χ2v) is 9.71. The van der Waals surface area contributed by atoms with Crippen LogP contribution in [0.25, 0.3) is 0 Å². The molecule has 0 aromatic heterocycles. The van der Waals surface area contributed by atoms with E-state index < -0.39 is 11.2 Å². The van der Waals surface area contributed by atoms with Crippen molar-refractivity contribution in [3.63, 3.8) is 0 Å². The zero-order valence-corrected chi connectivity index (χ0v) is 20.6. The van der Waals surface area contributed by atoms with E-state index >= 15 is 0 Å². The Labute approximate surface area is 215 Å². The molecule has 1 atom stereocenters. The van der Waals surface area contributed by atoms with Gasteiger partial charge in [0.25, 0.3) is 5.91 Å². The summed E-state index contributed by atoms with van der Waals surface area (Å²) >= 11 is 19.5. The number of nitrogens with one attached hydrogen (secondary N) is 1. The molecule has 34 heavy (non-hydrogen) atoms. The number of halogens is 3. The fourth-order valence-corrected chi connectivity index (χ4v) is 5.24. The second-order valence-electron chi connectivity index (χ2n) is 7.29. The number of amides is 2. The van der Waals surface area contributed by atoms with Gasteiger partial charge in [-0.05, 0) is 48.4 Å². The van der Waals surface area contributed by atoms with Crippen molar-refractivity contribution in [2.45, 2.75) is 11.7 Å². The molecule has 0 unspecified atom stereocenters. The lowest BCUT2D eigenvalue weighted by Crippen LogP contribution is -2.30. The van der Waals surface area contributed by atoms with E-state index in [0.717, 1.165) is 5.56 Å². The van der Waals surface area contributed by atoms with E-state index in [9.17, 15) is 14.9 Å². The third-order valence-electron chi connectivity index (χ3n) is 5.05. The van der Waals surface area contributed by atoms with Crippen LogP contribution in [0.15, 0.2) is 83.4 Å². The van der Waals surface area contributed by atoms with Gasteiger partial charge in [-0.2, -0.15) is 5.26 Å². The van der Waals surface area contributed by atoms with E-state index in [1.807, 2.05) is 12.1 Å². The minimum atomic E-state index is -0.651. The van der Waals surface area contributed by atoms with Crippen LogP contribution in [0.3, 0.4) is 0 Å². The highest BCUT2D eigenvalue weighted by Crippen LogP contribution is 2.42. The first-order valence-electron chi connectivity index (χ1n) is 10.1. The highest BCUT2D eigenvalue weighted by Gasteiger charge is 2.40. The molecule has 3 aromatic carbocycles. The van der Waals surface area contributed by atoms with E-state index in [1.54, 1.807) is 66.7 Å². The van der Waals surface area contributed by atoms with Gasteiger partial charge in [0.05, 0.1) is 26.0 Å². The predicted molar refractivity (Wildman–Crippen MR) is 138 cm³/mol. The van der Waals surface area contributed by atoms with Crippen LogP contribution < -0.4 is 10.2 Å². The Hall–Kier alpha value is -2.95. The van der Waals surface area contributed by atoms with Crippen molar-refractivity contribution in [1.82, 2.24) is 0 Å². The summed E-state index contributed by atoms with van der Waals surface area (Å²) in [4.78, 5) is 28.0. The highest BCUT2D eigenvalue weighted by molar-refractivity contribution is 8.05. The molecule has 1 N–H and O–H groups in total. The molecule has 1 aliphatic heterocycles. The SMILES string of the molecule is N#C/C(C(=O)Nc1ccccc1Cl)=C1/S[C@H](Cc2ccc(Cl)c(Cl)c2)C(=O)N1c1ccccc1. The maximum atomic E-state index is 13.5. The van der Waals surface area contributed by atoms with E-state index in [2.05, 4.69) is 5.32 Å². The number of anilines is 2. The largest absolute Gasteiger partial charge is 0.320 e. The lowest BCUT2D eigenvalue weighted by molar-refractivity contribution is -0.117. The Kier molecular flexibility index (Phi) is 7.50. The van der Waals surface area contributed by atoms with Gasteiger partial charge in [0.2, 0.25) is 5.91 Å². The lowest BCUT2D eigenvalue weighted by atomic mass is 10.1. The first-order chi connectivity index (χ1) is 16.4. The number of carbonyl (C=O) groups excluding carboxylic acids is 2. The van der Waals surface area contributed by atoms with Gasteiger partial charge in [0.15, 0.2) is 0 Å². The molecule has 0 aliphatic carbocycles. The van der Waals surface area contributed by atoms with Crippen LogP contribution in [0.4, 0.5) is 11.4 Å². The van der Waals surface area contributed by atoms with Crippen molar-refractivity contribution >= 4 is 69.8 Å². The number of rotatable bonds is 5. The van der Waals surface area contributed by atoms with Gasteiger partial charge < -0.3 is 5.32 Å². The summed E-state index contributed by atoms with van der Waals surface area (Å²) in [7, 11) is 0. The first kappa shape index (κ1) is 24.2. The monoisotopic (exact) mass is 527 g/mol. The molecule has 170 valence electrons. The van der Waals surface area contributed by atoms with E-state index in [-0.39, 0.29) is 16.5 Å². The summed E-state index contributed by atoms with van der Waals surface area (Å²) < 4.78 is 0. The molecule has 1 fully saturated rings. The van der Waals surface area contributed by atoms with Crippen molar-refractivity contribution < 1.29 is 9.59 Å². The molecule has 0 saturated carbocycles. The van der Waals surface area contributed by atoms with Crippen molar-refractivity contribution in [3.8, 4) is 6.07 Å². The van der Waals surface area contributed by atoms with Crippen molar-refractivity contribution in [3.05, 3.63) is 104 Å². The van der Waals surface area contributed by atoms with Gasteiger partial charge >= 0.3 is 0 Å². The van der Waals surface area contributed by atoms with E-state index in [1.165, 1.54) is 16.7 Å². The molecule has 1 heterocycles. The minimum Gasteiger partial charge on any atom is -0.320 e. The van der Waals surface area contributed by atoms with Crippen molar-refractivity contribution in [2.24, 2.45) is 0 Å². The molecule has 0 bridgehead atoms. The molecule has 1 saturated heterocycles. The number of para-hydroxylation sites is 2. The third kappa shape index (κ3) is 5.08. The van der Waals surface area contributed by atoms with Gasteiger partial charge in [0, 0.05) is 5.69 Å². The van der Waals surface area contributed by atoms with E-state index in [4.69, 9.17) is 34.8 Å². The number of carbonyl (C=O) groups is 2. The van der Waals surface area contributed by atoms with Gasteiger partial charge in [-0.25, -0.2) is 0 Å². The van der Waals surface area contributed by atoms with Crippen LogP contribution in [-0.2, 0) is 16.0 Å².